The number of nitrogens with zero attached hydrogens (tertiary/aromatic N) is 2. The van der Waals surface area contributed by atoms with Gasteiger partial charge in [-0.3, -0.25) is 4.79 Å². The Morgan fingerprint density at radius 3 is 2.54 bits per heavy atom. The van der Waals surface area contributed by atoms with Crippen LogP contribution in [-0.2, 0) is 16.0 Å². The van der Waals surface area contributed by atoms with Crippen LogP contribution in [0.5, 0.6) is 0 Å². The van der Waals surface area contributed by atoms with Crippen molar-refractivity contribution in [3.05, 3.63) is 63.4 Å². The lowest BCUT2D eigenvalue weighted by Crippen LogP contribution is -2.19. The molecule has 0 atom stereocenters. The highest BCUT2D eigenvalue weighted by Crippen LogP contribution is 2.22. The molecule has 0 unspecified atom stereocenters. The Morgan fingerprint density at radius 2 is 1.86 bits per heavy atom. The molecule has 0 radical (unpaired) electrons. The fourth-order valence-electron chi connectivity index (χ4n) is 2.67. The standard InChI is InChI=1S/C20H19ClN2O4S/c1-3-27-11-10-23-16-9-8-15(21)12-17(16)28-20(23)22-18(24)13-4-6-14(7-5-13)19(25)26-2/h4-9,12H,3,10-11H2,1-2H3. The van der Waals surface area contributed by atoms with Gasteiger partial charge in [-0.05, 0) is 49.4 Å². The predicted octanol–water partition coefficient (Wildman–Crippen LogP) is 3.92. The first-order valence-corrected chi connectivity index (χ1v) is 9.87. The summed E-state index contributed by atoms with van der Waals surface area (Å²) in [4.78, 5) is 29.0. The summed E-state index contributed by atoms with van der Waals surface area (Å²) in [7, 11) is 1.31. The van der Waals surface area contributed by atoms with Gasteiger partial charge in [0.05, 0.1) is 29.5 Å². The first-order chi connectivity index (χ1) is 13.5. The molecule has 3 rings (SSSR count). The van der Waals surface area contributed by atoms with Crippen molar-refractivity contribution in [2.45, 2.75) is 13.5 Å². The molecule has 0 saturated heterocycles. The molecule has 0 bridgehead atoms. The van der Waals surface area contributed by atoms with Crippen molar-refractivity contribution in [2.24, 2.45) is 4.99 Å². The molecule has 0 aliphatic rings. The third kappa shape index (κ3) is 4.49. The quantitative estimate of drug-likeness (QED) is 0.449. The molecule has 0 aliphatic carbocycles. The van der Waals surface area contributed by atoms with Crippen LogP contribution in [0.15, 0.2) is 47.5 Å². The molecule has 3 aromatic rings. The summed E-state index contributed by atoms with van der Waals surface area (Å²) in [6, 6.07) is 11.8. The minimum Gasteiger partial charge on any atom is -0.465 e. The van der Waals surface area contributed by atoms with Crippen molar-refractivity contribution in [3.63, 3.8) is 0 Å². The van der Waals surface area contributed by atoms with E-state index in [1.54, 1.807) is 24.3 Å². The number of methoxy groups -OCH3 is 1. The molecule has 0 fully saturated rings. The number of amides is 1. The smallest absolute Gasteiger partial charge is 0.337 e. The summed E-state index contributed by atoms with van der Waals surface area (Å²) in [6.45, 7) is 3.64. The van der Waals surface area contributed by atoms with Crippen LogP contribution in [0.2, 0.25) is 5.02 Å². The number of hydrogen-bond acceptors (Lipinski definition) is 5. The molecule has 146 valence electrons. The normalized spacial score (nSPS) is 11.8. The van der Waals surface area contributed by atoms with E-state index in [2.05, 4.69) is 9.73 Å². The maximum atomic E-state index is 12.6. The molecule has 0 spiro atoms. The van der Waals surface area contributed by atoms with Gasteiger partial charge in [0.1, 0.15) is 0 Å². The lowest BCUT2D eigenvalue weighted by molar-refractivity contribution is 0.0600. The van der Waals surface area contributed by atoms with Crippen LogP contribution in [0.1, 0.15) is 27.6 Å². The van der Waals surface area contributed by atoms with E-state index in [0.29, 0.717) is 40.7 Å². The monoisotopic (exact) mass is 418 g/mol. The van der Waals surface area contributed by atoms with Gasteiger partial charge >= 0.3 is 5.97 Å². The number of ether oxygens (including phenoxy) is 2. The van der Waals surface area contributed by atoms with Crippen molar-refractivity contribution in [1.82, 2.24) is 4.57 Å². The largest absolute Gasteiger partial charge is 0.465 e. The molecule has 0 N–H and O–H groups in total. The van der Waals surface area contributed by atoms with E-state index in [-0.39, 0.29) is 5.91 Å². The Hall–Kier alpha value is -2.48. The number of halogens is 1. The molecule has 1 aromatic heterocycles. The number of esters is 1. The van der Waals surface area contributed by atoms with Crippen molar-refractivity contribution in [2.75, 3.05) is 20.3 Å². The molecular formula is C20H19ClN2O4S. The average Bonchev–Trinajstić information content (AvgIpc) is 3.03. The van der Waals surface area contributed by atoms with Crippen LogP contribution in [0.4, 0.5) is 0 Å². The number of carbonyl (C=O) groups excluding carboxylic acids is 2. The molecule has 8 heteroatoms. The minimum absolute atomic E-state index is 0.377. The van der Waals surface area contributed by atoms with Gasteiger partial charge in [0.2, 0.25) is 0 Å². The number of benzene rings is 2. The maximum absolute atomic E-state index is 12.6. The number of hydrogen-bond donors (Lipinski definition) is 0. The maximum Gasteiger partial charge on any atom is 0.337 e. The second-order valence-electron chi connectivity index (χ2n) is 5.83. The van der Waals surface area contributed by atoms with Crippen LogP contribution in [0, 0.1) is 0 Å². The summed E-state index contributed by atoms with van der Waals surface area (Å²) < 4.78 is 13.0. The van der Waals surface area contributed by atoms with Gasteiger partial charge in [0.15, 0.2) is 4.80 Å². The van der Waals surface area contributed by atoms with Crippen molar-refractivity contribution >= 4 is 45.0 Å². The number of rotatable bonds is 6. The van der Waals surface area contributed by atoms with Gasteiger partial charge < -0.3 is 14.0 Å². The van der Waals surface area contributed by atoms with E-state index in [9.17, 15) is 9.59 Å². The van der Waals surface area contributed by atoms with E-state index >= 15 is 0 Å². The van der Waals surface area contributed by atoms with Crippen LogP contribution < -0.4 is 4.80 Å². The molecule has 1 amide bonds. The zero-order valence-electron chi connectivity index (χ0n) is 15.5. The molecule has 0 aliphatic heterocycles. The Labute approximate surface area is 171 Å². The first kappa shape index (κ1) is 20.3. The summed E-state index contributed by atoms with van der Waals surface area (Å²) in [5.74, 6) is -0.842. The topological polar surface area (TPSA) is 69.9 Å². The molecule has 1 heterocycles. The highest BCUT2D eigenvalue weighted by molar-refractivity contribution is 7.16. The molecule has 6 nitrogen and oxygen atoms in total. The van der Waals surface area contributed by atoms with E-state index in [0.717, 1.165) is 10.2 Å². The fraction of sp³-hybridized carbons (Fsp3) is 0.250. The second kappa shape index (κ2) is 9.14. The van der Waals surface area contributed by atoms with Gasteiger partial charge in [0, 0.05) is 23.7 Å². The lowest BCUT2D eigenvalue weighted by atomic mass is 10.1. The molecule has 2 aromatic carbocycles. The van der Waals surface area contributed by atoms with E-state index < -0.39 is 5.97 Å². The van der Waals surface area contributed by atoms with Crippen LogP contribution in [0.3, 0.4) is 0 Å². The Bertz CT molecular complexity index is 1070. The van der Waals surface area contributed by atoms with Gasteiger partial charge in [-0.1, -0.05) is 22.9 Å². The predicted molar refractivity (Wildman–Crippen MR) is 109 cm³/mol. The van der Waals surface area contributed by atoms with Gasteiger partial charge in [-0.15, -0.1) is 0 Å². The molecule has 0 saturated carbocycles. The zero-order chi connectivity index (χ0) is 20.1. The SMILES string of the molecule is CCOCCn1c(=NC(=O)c2ccc(C(=O)OC)cc2)sc2cc(Cl)ccc21. The number of thiazole rings is 1. The fourth-order valence-corrected chi connectivity index (χ4v) is 4.00. The Morgan fingerprint density at radius 1 is 1.14 bits per heavy atom. The molecular weight excluding hydrogens is 400 g/mol. The van der Waals surface area contributed by atoms with E-state index in [4.69, 9.17) is 16.3 Å². The number of carbonyl (C=O) groups is 2. The third-order valence-electron chi connectivity index (χ3n) is 4.06. The summed E-state index contributed by atoms with van der Waals surface area (Å²) >= 11 is 7.49. The highest BCUT2D eigenvalue weighted by Gasteiger charge is 2.11. The number of aromatic nitrogens is 1. The molecule has 28 heavy (non-hydrogen) atoms. The van der Waals surface area contributed by atoms with Crippen molar-refractivity contribution < 1.29 is 19.1 Å². The Kier molecular flexibility index (Phi) is 6.61. The minimum atomic E-state index is -0.453. The Balaban J connectivity index is 1.98. The summed E-state index contributed by atoms with van der Waals surface area (Å²) in [5, 5.41) is 0.627. The van der Waals surface area contributed by atoms with Crippen LogP contribution >= 0.6 is 22.9 Å². The van der Waals surface area contributed by atoms with Crippen LogP contribution in [-0.4, -0.2) is 36.8 Å². The summed E-state index contributed by atoms with van der Waals surface area (Å²) in [6.07, 6.45) is 0. The third-order valence-corrected chi connectivity index (χ3v) is 5.33. The number of fused-ring (bicyclic) bond motifs is 1. The second-order valence-corrected chi connectivity index (χ2v) is 7.28. The van der Waals surface area contributed by atoms with Crippen molar-refractivity contribution in [1.29, 1.82) is 0 Å². The zero-order valence-corrected chi connectivity index (χ0v) is 17.0. The van der Waals surface area contributed by atoms with Crippen LogP contribution in [0.25, 0.3) is 10.2 Å². The summed E-state index contributed by atoms with van der Waals surface area (Å²) in [5.41, 5.74) is 1.71. The first-order valence-electron chi connectivity index (χ1n) is 8.67. The average molecular weight is 419 g/mol. The van der Waals surface area contributed by atoms with Gasteiger partial charge in [0.25, 0.3) is 5.91 Å². The van der Waals surface area contributed by atoms with E-state index in [1.165, 1.54) is 18.4 Å². The van der Waals surface area contributed by atoms with Gasteiger partial charge in [-0.25, -0.2) is 4.79 Å². The van der Waals surface area contributed by atoms with Gasteiger partial charge in [-0.2, -0.15) is 4.99 Å². The lowest BCUT2D eigenvalue weighted by Gasteiger charge is -2.05. The van der Waals surface area contributed by atoms with Crippen molar-refractivity contribution in [3.8, 4) is 0 Å². The highest BCUT2D eigenvalue weighted by atomic mass is 35.5. The van der Waals surface area contributed by atoms with E-state index in [1.807, 2.05) is 29.7 Å².